The number of sulfonamides is 1. The molecule has 1 aliphatic rings. The summed E-state index contributed by atoms with van der Waals surface area (Å²) in [7, 11) is -3.21. The first-order valence-electron chi connectivity index (χ1n) is 8.36. The van der Waals surface area contributed by atoms with Gasteiger partial charge in [-0.15, -0.1) is 0 Å². The lowest BCUT2D eigenvalue weighted by atomic mass is 9.98. The minimum Gasteiger partial charge on any atom is -0.312 e. The van der Waals surface area contributed by atoms with Gasteiger partial charge in [-0.2, -0.15) is 0 Å². The molecule has 2 rings (SSSR count). The molecule has 0 bridgehead atoms. The first-order chi connectivity index (χ1) is 11.0. The molecule has 6 heteroatoms. The van der Waals surface area contributed by atoms with Gasteiger partial charge in [-0.25, -0.2) is 13.1 Å². The number of anilines is 1. The summed E-state index contributed by atoms with van der Waals surface area (Å²) in [6.07, 6.45) is 3.71. The highest BCUT2D eigenvalue weighted by Gasteiger charge is 2.23. The summed E-state index contributed by atoms with van der Waals surface area (Å²) in [4.78, 5) is 13.9. The van der Waals surface area contributed by atoms with E-state index in [4.69, 9.17) is 0 Å². The van der Waals surface area contributed by atoms with Crippen LogP contribution in [-0.2, 0) is 27.8 Å². The summed E-state index contributed by atoms with van der Waals surface area (Å²) in [5.41, 5.74) is 3.04. The number of unbranched alkanes of at least 4 members (excludes halogenated alkanes) is 1. The van der Waals surface area contributed by atoms with Gasteiger partial charge in [0, 0.05) is 25.2 Å². The first kappa shape index (κ1) is 17.9. The maximum absolute atomic E-state index is 12.0. The largest absolute Gasteiger partial charge is 0.312 e. The van der Waals surface area contributed by atoms with Crippen molar-refractivity contribution in [3.05, 3.63) is 29.3 Å². The average Bonchev–Trinajstić information content (AvgIpc) is 2.54. The van der Waals surface area contributed by atoms with Gasteiger partial charge in [0.05, 0.1) is 5.75 Å². The Labute approximate surface area is 139 Å². The second-order valence-electron chi connectivity index (χ2n) is 6.00. The van der Waals surface area contributed by atoms with Crippen molar-refractivity contribution >= 4 is 21.6 Å². The van der Waals surface area contributed by atoms with E-state index in [0.717, 1.165) is 42.6 Å². The Morgan fingerprint density at radius 3 is 2.65 bits per heavy atom. The fourth-order valence-electron chi connectivity index (χ4n) is 2.79. The third kappa shape index (κ3) is 4.78. The van der Waals surface area contributed by atoms with Gasteiger partial charge in [0.15, 0.2) is 0 Å². The Morgan fingerprint density at radius 2 is 1.96 bits per heavy atom. The van der Waals surface area contributed by atoms with E-state index in [1.165, 1.54) is 0 Å². The molecule has 0 aromatic heterocycles. The molecular formula is C17H26N2O3S. The lowest BCUT2D eigenvalue weighted by Crippen LogP contribution is -2.35. The molecule has 23 heavy (non-hydrogen) atoms. The fourth-order valence-corrected chi connectivity index (χ4v) is 3.99. The van der Waals surface area contributed by atoms with Crippen molar-refractivity contribution in [2.24, 2.45) is 0 Å². The Bertz CT molecular complexity index is 656. The van der Waals surface area contributed by atoms with Crippen LogP contribution in [0.1, 0.15) is 50.7 Å². The van der Waals surface area contributed by atoms with Crippen LogP contribution in [-0.4, -0.2) is 26.6 Å². The normalized spacial score (nSPS) is 14.9. The van der Waals surface area contributed by atoms with Crippen molar-refractivity contribution < 1.29 is 13.2 Å². The molecule has 0 spiro atoms. The molecule has 0 fully saturated rings. The minimum atomic E-state index is -3.21. The summed E-state index contributed by atoms with van der Waals surface area (Å²) in [5, 5.41) is 0. The van der Waals surface area contributed by atoms with E-state index in [1.807, 2.05) is 30.0 Å². The predicted molar refractivity (Wildman–Crippen MR) is 92.9 cm³/mol. The molecule has 0 unspecified atom stereocenters. The van der Waals surface area contributed by atoms with Gasteiger partial charge in [0.25, 0.3) is 0 Å². The highest BCUT2D eigenvalue weighted by Crippen LogP contribution is 2.29. The predicted octanol–water partition coefficient (Wildman–Crippen LogP) is 2.60. The molecule has 0 saturated heterocycles. The van der Waals surface area contributed by atoms with Gasteiger partial charge in [-0.3, -0.25) is 4.79 Å². The standard InChI is InChI=1S/C17H26N2O3S/c1-3-5-11-23(21,22)18-13-14-6-8-16-15(12-14)7-9-17(20)19(16)10-4-2/h6,8,12,18H,3-5,7,9-11,13H2,1-2H3. The highest BCUT2D eigenvalue weighted by molar-refractivity contribution is 7.89. The number of amides is 1. The van der Waals surface area contributed by atoms with E-state index >= 15 is 0 Å². The van der Waals surface area contributed by atoms with Gasteiger partial charge in [0.2, 0.25) is 15.9 Å². The Morgan fingerprint density at radius 1 is 1.17 bits per heavy atom. The molecular weight excluding hydrogens is 312 g/mol. The van der Waals surface area contributed by atoms with Crippen LogP contribution in [0.2, 0.25) is 0 Å². The smallest absolute Gasteiger partial charge is 0.227 e. The Balaban J connectivity index is 2.08. The van der Waals surface area contributed by atoms with Crippen molar-refractivity contribution in [2.45, 2.75) is 52.5 Å². The Hall–Kier alpha value is -1.40. The van der Waals surface area contributed by atoms with E-state index in [0.29, 0.717) is 19.4 Å². The second kappa shape index (κ2) is 7.93. The van der Waals surface area contributed by atoms with Crippen LogP contribution in [0, 0.1) is 0 Å². The molecule has 0 aliphatic carbocycles. The van der Waals surface area contributed by atoms with Crippen LogP contribution in [0.3, 0.4) is 0 Å². The number of aryl methyl sites for hydroxylation is 1. The zero-order valence-corrected chi connectivity index (χ0v) is 14.8. The van der Waals surface area contributed by atoms with Crippen molar-refractivity contribution in [2.75, 3.05) is 17.2 Å². The molecule has 5 nitrogen and oxygen atoms in total. The zero-order chi connectivity index (χ0) is 16.9. The lowest BCUT2D eigenvalue weighted by molar-refractivity contribution is -0.118. The van der Waals surface area contributed by atoms with Crippen LogP contribution >= 0.6 is 0 Å². The summed E-state index contributed by atoms with van der Waals surface area (Å²) in [6, 6.07) is 5.87. The topological polar surface area (TPSA) is 66.5 Å². The van der Waals surface area contributed by atoms with Gasteiger partial charge >= 0.3 is 0 Å². The highest BCUT2D eigenvalue weighted by atomic mass is 32.2. The number of hydrogen-bond acceptors (Lipinski definition) is 3. The van der Waals surface area contributed by atoms with Gasteiger partial charge < -0.3 is 4.90 Å². The van der Waals surface area contributed by atoms with Crippen LogP contribution in [0.15, 0.2) is 18.2 Å². The quantitative estimate of drug-likeness (QED) is 0.792. The first-order valence-corrected chi connectivity index (χ1v) is 10.0. The van der Waals surface area contributed by atoms with Crippen molar-refractivity contribution in [1.29, 1.82) is 0 Å². The number of carbonyl (C=O) groups excluding carboxylic acids is 1. The SMILES string of the molecule is CCCCS(=O)(=O)NCc1ccc2c(c1)CCC(=O)N2CCC. The number of nitrogens with one attached hydrogen (secondary N) is 1. The summed E-state index contributed by atoms with van der Waals surface area (Å²) in [5.74, 6) is 0.347. The molecule has 1 aliphatic heterocycles. The molecule has 128 valence electrons. The van der Waals surface area contributed by atoms with E-state index in [-0.39, 0.29) is 11.7 Å². The number of carbonyl (C=O) groups is 1. The summed E-state index contributed by atoms with van der Waals surface area (Å²) < 4.78 is 26.4. The number of rotatable bonds is 8. The van der Waals surface area contributed by atoms with Crippen LogP contribution in [0.25, 0.3) is 0 Å². The number of benzene rings is 1. The lowest BCUT2D eigenvalue weighted by Gasteiger charge is -2.29. The third-order valence-corrected chi connectivity index (χ3v) is 5.46. The summed E-state index contributed by atoms with van der Waals surface area (Å²) >= 11 is 0. The second-order valence-corrected chi connectivity index (χ2v) is 7.93. The molecule has 1 N–H and O–H groups in total. The van der Waals surface area contributed by atoms with Crippen molar-refractivity contribution in [3.63, 3.8) is 0 Å². The molecule has 1 amide bonds. The maximum Gasteiger partial charge on any atom is 0.227 e. The van der Waals surface area contributed by atoms with Crippen LogP contribution in [0.5, 0.6) is 0 Å². The number of nitrogens with zero attached hydrogens (tertiary/aromatic N) is 1. The van der Waals surface area contributed by atoms with Crippen molar-refractivity contribution in [1.82, 2.24) is 4.72 Å². The molecule has 0 radical (unpaired) electrons. The molecule has 0 saturated carbocycles. The van der Waals surface area contributed by atoms with Gasteiger partial charge in [-0.1, -0.05) is 32.4 Å². The third-order valence-electron chi connectivity index (χ3n) is 4.05. The maximum atomic E-state index is 12.0. The zero-order valence-electron chi connectivity index (χ0n) is 14.0. The number of fused-ring (bicyclic) bond motifs is 1. The monoisotopic (exact) mass is 338 g/mol. The average molecular weight is 338 g/mol. The molecule has 1 aromatic rings. The molecule has 1 heterocycles. The van der Waals surface area contributed by atoms with Crippen LogP contribution in [0.4, 0.5) is 5.69 Å². The van der Waals surface area contributed by atoms with Crippen molar-refractivity contribution in [3.8, 4) is 0 Å². The van der Waals surface area contributed by atoms with E-state index < -0.39 is 10.0 Å². The minimum absolute atomic E-state index is 0.173. The van der Waals surface area contributed by atoms with E-state index in [9.17, 15) is 13.2 Å². The fraction of sp³-hybridized carbons (Fsp3) is 0.588. The van der Waals surface area contributed by atoms with Gasteiger partial charge in [-0.05, 0) is 36.5 Å². The number of hydrogen-bond donors (Lipinski definition) is 1. The van der Waals surface area contributed by atoms with Gasteiger partial charge in [0.1, 0.15) is 0 Å². The molecule has 1 aromatic carbocycles. The van der Waals surface area contributed by atoms with E-state index in [2.05, 4.69) is 11.6 Å². The molecule has 0 atom stereocenters. The van der Waals surface area contributed by atoms with Crippen LogP contribution < -0.4 is 9.62 Å². The van der Waals surface area contributed by atoms with E-state index in [1.54, 1.807) is 0 Å². The summed E-state index contributed by atoms with van der Waals surface area (Å²) in [6.45, 7) is 5.07. The Kier molecular flexibility index (Phi) is 6.18.